The van der Waals surface area contributed by atoms with Gasteiger partial charge in [-0.2, -0.15) is 0 Å². The number of benzene rings is 1. The predicted octanol–water partition coefficient (Wildman–Crippen LogP) is 4.43. The molecule has 70 valence electrons. The van der Waals surface area contributed by atoms with Crippen LogP contribution >= 0.6 is 58.6 Å². The normalized spacial score (nSPS) is 11.4. The summed E-state index contributed by atoms with van der Waals surface area (Å²) in [7, 11) is 0. The van der Waals surface area contributed by atoms with Gasteiger partial charge in [-0.05, 0) is 0 Å². The monoisotopic (exact) mass is 272 g/mol. The number of alkyl halides is 3. The fourth-order valence-electron chi connectivity index (χ4n) is 0.790. The van der Waals surface area contributed by atoms with Gasteiger partial charge in [0.05, 0.1) is 0 Å². The van der Waals surface area contributed by atoms with E-state index in [9.17, 15) is 0 Å². The van der Waals surface area contributed by atoms with E-state index in [1.54, 1.807) is 24.3 Å². The first-order valence-electron chi connectivity index (χ1n) is 3.28. The molecule has 0 saturated heterocycles. The van der Waals surface area contributed by atoms with Crippen molar-refractivity contribution < 1.29 is 0 Å². The van der Waals surface area contributed by atoms with Gasteiger partial charge in [0.2, 0.25) is 3.79 Å². The zero-order valence-electron chi connectivity index (χ0n) is 6.23. The number of hydrogen-bond acceptors (Lipinski definition) is 1. The van der Waals surface area contributed by atoms with Gasteiger partial charge in [0.25, 0.3) is 0 Å². The lowest BCUT2D eigenvalue weighted by molar-refractivity contribution is 1.24. The first-order valence-corrected chi connectivity index (χ1v) is 5.20. The SMILES string of the molecule is S=C(Cl)c1ccc(C(Cl)(Cl)Cl)cc1. The second-order valence-corrected chi connectivity index (χ2v) is 5.64. The third kappa shape index (κ3) is 3.26. The maximum Gasteiger partial charge on any atom is 0.216 e. The van der Waals surface area contributed by atoms with Crippen molar-refractivity contribution in [3.05, 3.63) is 35.4 Å². The molecule has 0 unspecified atom stereocenters. The molecule has 1 aromatic rings. The Morgan fingerprint density at radius 3 is 1.85 bits per heavy atom. The lowest BCUT2D eigenvalue weighted by Gasteiger charge is -2.10. The van der Waals surface area contributed by atoms with Gasteiger partial charge in [-0.15, -0.1) is 0 Å². The number of thiocarbonyl (C=S) groups is 1. The van der Waals surface area contributed by atoms with E-state index in [-0.39, 0.29) is 0 Å². The molecular formula is C8H4Cl4S. The molecule has 0 amide bonds. The van der Waals surface area contributed by atoms with Gasteiger partial charge in [-0.1, -0.05) is 82.9 Å². The average molecular weight is 274 g/mol. The molecule has 0 fully saturated rings. The first-order chi connectivity index (χ1) is 5.91. The van der Waals surface area contributed by atoms with Gasteiger partial charge in [0.1, 0.15) is 4.32 Å². The van der Waals surface area contributed by atoms with E-state index in [1.165, 1.54) is 0 Å². The summed E-state index contributed by atoms with van der Waals surface area (Å²) in [6, 6.07) is 6.78. The summed E-state index contributed by atoms with van der Waals surface area (Å²) in [4.78, 5) is 0. The van der Waals surface area contributed by atoms with Crippen LogP contribution in [0, 0.1) is 0 Å². The second-order valence-electron chi connectivity index (χ2n) is 2.35. The molecule has 0 saturated carbocycles. The van der Waals surface area contributed by atoms with Crippen molar-refractivity contribution in [1.29, 1.82) is 0 Å². The van der Waals surface area contributed by atoms with E-state index in [0.717, 1.165) is 5.56 Å². The zero-order valence-corrected chi connectivity index (χ0v) is 10.1. The lowest BCUT2D eigenvalue weighted by Crippen LogP contribution is -2.00. The van der Waals surface area contributed by atoms with Crippen LogP contribution in [0.4, 0.5) is 0 Å². The molecule has 0 aliphatic heterocycles. The highest BCUT2D eigenvalue weighted by Crippen LogP contribution is 2.38. The van der Waals surface area contributed by atoms with Crippen molar-refractivity contribution in [3.8, 4) is 0 Å². The van der Waals surface area contributed by atoms with Crippen LogP contribution in [-0.4, -0.2) is 4.32 Å². The highest BCUT2D eigenvalue weighted by Gasteiger charge is 2.22. The summed E-state index contributed by atoms with van der Waals surface area (Å²) in [5.41, 5.74) is 1.34. The molecule has 1 rings (SSSR count). The summed E-state index contributed by atoms with van der Waals surface area (Å²) in [6.07, 6.45) is 0. The van der Waals surface area contributed by atoms with Crippen molar-refractivity contribution in [3.63, 3.8) is 0 Å². The molecule has 0 N–H and O–H groups in total. The Balaban J connectivity index is 3.01. The molecule has 1 aromatic carbocycles. The minimum Gasteiger partial charge on any atom is -0.0784 e. The summed E-state index contributed by atoms with van der Waals surface area (Å²) in [5, 5.41) is 0. The molecule has 13 heavy (non-hydrogen) atoms. The van der Waals surface area contributed by atoms with Crippen molar-refractivity contribution >= 4 is 62.9 Å². The van der Waals surface area contributed by atoms with Crippen LogP contribution in [0.25, 0.3) is 0 Å². The largest absolute Gasteiger partial charge is 0.216 e. The van der Waals surface area contributed by atoms with Crippen LogP contribution in [0.5, 0.6) is 0 Å². The lowest BCUT2D eigenvalue weighted by atomic mass is 10.2. The Hall–Kier alpha value is 0.470. The molecule has 5 heteroatoms. The van der Waals surface area contributed by atoms with Gasteiger partial charge >= 0.3 is 0 Å². The first kappa shape index (κ1) is 11.5. The minimum absolute atomic E-state index is 0.302. The van der Waals surface area contributed by atoms with Crippen LogP contribution < -0.4 is 0 Å². The smallest absolute Gasteiger partial charge is 0.0784 e. The summed E-state index contributed by atoms with van der Waals surface area (Å²) < 4.78 is -1.09. The van der Waals surface area contributed by atoms with Crippen LogP contribution in [0.15, 0.2) is 24.3 Å². The number of halogens is 4. The minimum atomic E-state index is -1.40. The molecule has 0 atom stereocenters. The van der Waals surface area contributed by atoms with Gasteiger partial charge in [0.15, 0.2) is 0 Å². The van der Waals surface area contributed by atoms with Crippen LogP contribution in [0.2, 0.25) is 0 Å². The summed E-state index contributed by atoms with van der Waals surface area (Å²) in [5.74, 6) is 0. The topological polar surface area (TPSA) is 0 Å². The van der Waals surface area contributed by atoms with Crippen LogP contribution in [-0.2, 0) is 3.79 Å². The Morgan fingerprint density at radius 2 is 1.54 bits per heavy atom. The third-order valence-electron chi connectivity index (χ3n) is 1.44. The second kappa shape index (κ2) is 4.33. The Labute approximate surface area is 102 Å². The molecule has 0 radical (unpaired) electrons. The van der Waals surface area contributed by atoms with Crippen molar-refractivity contribution in [1.82, 2.24) is 0 Å². The fourth-order valence-corrected chi connectivity index (χ4v) is 1.43. The van der Waals surface area contributed by atoms with Crippen LogP contribution in [0.3, 0.4) is 0 Å². The molecule has 0 heterocycles. The fraction of sp³-hybridized carbons (Fsp3) is 0.125. The number of rotatable bonds is 1. The summed E-state index contributed by atoms with van der Waals surface area (Å²) >= 11 is 27.3. The maximum atomic E-state index is 5.66. The maximum absolute atomic E-state index is 5.66. The van der Waals surface area contributed by atoms with Crippen LogP contribution in [0.1, 0.15) is 11.1 Å². The van der Waals surface area contributed by atoms with E-state index < -0.39 is 3.79 Å². The molecule has 0 spiro atoms. The van der Waals surface area contributed by atoms with Gasteiger partial charge in [0, 0.05) is 11.1 Å². The zero-order chi connectivity index (χ0) is 10.1. The highest BCUT2D eigenvalue weighted by molar-refractivity contribution is 7.83. The number of hydrogen-bond donors (Lipinski definition) is 0. The van der Waals surface area contributed by atoms with Crippen molar-refractivity contribution in [2.75, 3.05) is 0 Å². The van der Waals surface area contributed by atoms with Gasteiger partial charge in [-0.25, -0.2) is 0 Å². The standard InChI is InChI=1S/C8H4Cl4S/c9-7(13)5-1-3-6(4-2-5)8(10,11)12/h1-4H. The van der Waals surface area contributed by atoms with E-state index in [0.29, 0.717) is 9.89 Å². The van der Waals surface area contributed by atoms with E-state index in [4.69, 9.17) is 58.6 Å². The Bertz CT molecular complexity index is 312. The van der Waals surface area contributed by atoms with Crippen molar-refractivity contribution in [2.24, 2.45) is 0 Å². The molecule has 0 aromatic heterocycles. The third-order valence-corrected chi connectivity index (χ3v) is 2.55. The Morgan fingerprint density at radius 1 is 1.08 bits per heavy atom. The van der Waals surface area contributed by atoms with E-state index in [2.05, 4.69) is 0 Å². The predicted molar refractivity (Wildman–Crippen MR) is 63.2 cm³/mol. The van der Waals surface area contributed by atoms with Gasteiger partial charge in [-0.3, -0.25) is 0 Å². The highest BCUT2D eigenvalue weighted by atomic mass is 35.6. The summed E-state index contributed by atoms with van der Waals surface area (Å²) in [6.45, 7) is 0. The average Bonchev–Trinajstić information content (AvgIpc) is 2.03. The molecule has 0 aliphatic rings. The van der Waals surface area contributed by atoms with Gasteiger partial charge < -0.3 is 0 Å². The quantitative estimate of drug-likeness (QED) is 0.414. The Kier molecular flexibility index (Phi) is 3.84. The van der Waals surface area contributed by atoms with E-state index in [1.807, 2.05) is 0 Å². The molecular weight excluding hydrogens is 270 g/mol. The molecule has 0 bridgehead atoms. The van der Waals surface area contributed by atoms with Crippen molar-refractivity contribution in [2.45, 2.75) is 3.79 Å². The van der Waals surface area contributed by atoms with E-state index >= 15 is 0 Å². The molecule has 0 aliphatic carbocycles. The molecule has 0 nitrogen and oxygen atoms in total.